The third-order valence-corrected chi connectivity index (χ3v) is 3.00. The molecule has 0 aromatic heterocycles. The van der Waals surface area contributed by atoms with Crippen molar-refractivity contribution in [2.24, 2.45) is 5.73 Å². The van der Waals surface area contributed by atoms with E-state index in [1.807, 2.05) is 18.2 Å². The van der Waals surface area contributed by atoms with Gasteiger partial charge in [-0.05, 0) is 23.6 Å². The Morgan fingerprint density at radius 1 is 1.42 bits per heavy atom. The van der Waals surface area contributed by atoms with Crippen LogP contribution in [0.5, 0.6) is 0 Å². The van der Waals surface area contributed by atoms with Gasteiger partial charge in [0.2, 0.25) is 0 Å². The van der Waals surface area contributed by atoms with Gasteiger partial charge in [-0.3, -0.25) is 0 Å². The molecular weight excluding hydrogens is 246 g/mol. The van der Waals surface area contributed by atoms with E-state index in [0.717, 1.165) is 5.56 Å². The lowest BCUT2D eigenvalue weighted by Crippen LogP contribution is -2.21. The second-order valence-corrected chi connectivity index (χ2v) is 4.45. The first-order valence-electron chi connectivity index (χ1n) is 6.39. The normalized spacial score (nSPS) is 15.1. The number of benzene rings is 1. The molecule has 104 valence electrons. The van der Waals surface area contributed by atoms with Crippen LogP contribution in [0.4, 0.5) is 0 Å². The molecule has 2 rings (SSSR count). The van der Waals surface area contributed by atoms with Crippen molar-refractivity contribution in [1.29, 1.82) is 0 Å². The predicted molar refractivity (Wildman–Crippen MR) is 69.3 cm³/mol. The molecular formula is C14H19NO4. The Bertz CT molecular complexity index is 447. The third kappa shape index (κ3) is 3.76. The van der Waals surface area contributed by atoms with Crippen LogP contribution in [0.1, 0.15) is 29.7 Å². The first-order valence-corrected chi connectivity index (χ1v) is 6.39. The minimum Gasteiger partial charge on any atom is -0.464 e. The molecule has 1 aliphatic heterocycles. The van der Waals surface area contributed by atoms with E-state index in [2.05, 4.69) is 0 Å². The van der Waals surface area contributed by atoms with Gasteiger partial charge < -0.3 is 19.9 Å². The highest BCUT2D eigenvalue weighted by molar-refractivity contribution is 5.70. The highest BCUT2D eigenvalue weighted by Crippen LogP contribution is 2.23. The molecule has 19 heavy (non-hydrogen) atoms. The van der Waals surface area contributed by atoms with Crippen molar-refractivity contribution < 1.29 is 19.0 Å². The number of rotatable bonds is 6. The van der Waals surface area contributed by atoms with Crippen molar-refractivity contribution in [2.45, 2.75) is 26.2 Å². The molecule has 5 heteroatoms. The largest absolute Gasteiger partial charge is 0.464 e. The van der Waals surface area contributed by atoms with Crippen LogP contribution < -0.4 is 5.73 Å². The van der Waals surface area contributed by atoms with Crippen LogP contribution in [0, 0.1) is 0 Å². The van der Waals surface area contributed by atoms with E-state index in [4.69, 9.17) is 19.9 Å². The number of hydrogen-bond acceptors (Lipinski definition) is 5. The molecule has 1 atom stereocenters. The quantitative estimate of drug-likeness (QED) is 0.785. The summed E-state index contributed by atoms with van der Waals surface area (Å²) in [6.45, 7) is 3.66. The summed E-state index contributed by atoms with van der Waals surface area (Å²) in [5, 5.41) is 0. The first-order chi connectivity index (χ1) is 9.20. The summed E-state index contributed by atoms with van der Waals surface area (Å²) in [4.78, 5) is 11.1. The fourth-order valence-electron chi connectivity index (χ4n) is 1.99. The number of carbonyl (C=O) groups is 1. The zero-order valence-electron chi connectivity index (χ0n) is 11.1. The van der Waals surface area contributed by atoms with Gasteiger partial charge in [-0.25, -0.2) is 4.79 Å². The molecule has 1 aromatic carbocycles. The first kappa shape index (κ1) is 14.0. The Labute approximate surface area is 112 Å². The van der Waals surface area contributed by atoms with E-state index < -0.39 is 0 Å². The van der Waals surface area contributed by atoms with Crippen molar-refractivity contribution in [2.75, 3.05) is 19.8 Å². The summed E-state index contributed by atoms with van der Waals surface area (Å²) in [6.07, 6.45) is 0. The molecule has 0 amide bonds. The molecule has 5 nitrogen and oxygen atoms in total. The fraction of sp³-hybridized carbons (Fsp3) is 0.500. The Hall–Kier alpha value is -1.43. The van der Waals surface area contributed by atoms with Crippen LogP contribution in [0.3, 0.4) is 0 Å². The molecule has 0 fully saturated rings. The Balaban J connectivity index is 1.83. The summed E-state index contributed by atoms with van der Waals surface area (Å²) in [5.74, 6) is -0.364. The van der Waals surface area contributed by atoms with Gasteiger partial charge in [0.15, 0.2) is 0 Å². The average Bonchev–Trinajstić information content (AvgIpc) is 2.86. The van der Waals surface area contributed by atoms with Crippen molar-refractivity contribution in [3.8, 4) is 0 Å². The zero-order chi connectivity index (χ0) is 13.7. The second-order valence-electron chi connectivity index (χ2n) is 4.45. The molecule has 1 aromatic rings. The lowest BCUT2D eigenvalue weighted by Gasteiger charge is -2.13. The van der Waals surface area contributed by atoms with Gasteiger partial charge in [0.1, 0.15) is 6.61 Å². The van der Waals surface area contributed by atoms with E-state index in [0.29, 0.717) is 26.4 Å². The van der Waals surface area contributed by atoms with Crippen LogP contribution in [0.2, 0.25) is 0 Å². The standard InChI is InChI=1S/C14H19NO4/c1-2-19-14(16)9-18-8-13(15)10-3-4-11-6-17-7-12(11)5-10/h3-5,13H,2,6-9,15H2,1H3. The molecule has 1 aliphatic rings. The van der Waals surface area contributed by atoms with Crippen LogP contribution in [0.15, 0.2) is 18.2 Å². The van der Waals surface area contributed by atoms with Crippen LogP contribution >= 0.6 is 0 Å². The lowest BCUT2D eigenvalue weighted by atomic mass is 10.0. The maximum Gasteiger partial charge on any atom is 0.332 e. The monoisotopic (exact) mass is 265 g/mol. The summed E-state index contributed by atoms with van der Waals surface area (Å²) >= 11 is 0. The second kappa shape index (κ2) is 6.65. The van der Waals surface area contributed by atoms with Gasteiger partial charge in [-0.15, -0.1) is 0 Å². The SMILES string of the molecule is CCOC(=O)COCC(N)c1ccc2c(c1)COC2. The molecule has 0 aliphatic carbocycles. The predicted octanol–water partition coefficient (Wildman–Crippen LogP) is 1.30. The van der Waals surface area contributed by atoms with Crippen molar-refractivity contribution in [3.63, 3.8) is 0 Å². The molecule has 2 N–H and O–H groups in total. The van der Waals surface area contributed by atoms with Gasteiger partial charge in [-0.1, -0.05) is 18.2 Å². The van der Waals surface area contributed by atoms with Gasteiger partial charge in [0.25, 0.3) is 0 Å². The van der Waals surface area contributed by atoms with Gasteiger partial charge in [0.05, 0.1) is 32.5 Å². The smallest absolute Gasteiger partial charge is 0.332 e. The fourth-order valence-corrected chi connectivity index (χ4v) is 1.99. The molecule has 0 saturated carbocycles. The highest BCUT2D eigenvalue weighted by Gasteiger charge is 2.14. The minimum atomic E-state index is -0.364. The number of esters is 1. The van der Waals surface area contributed by atoms with E-state index in [-0.39, 0.29) is 18.6 Å². The van der Waals surface area contributed by atoms with Gasteiger partial charge in [0, 0.05) is 0 Å². The van der Waals surface area contributed by atoms with E-state index in [1.165, 1.54) is 11.1 Å². The number of fused-ring (bicyclic) bond motifs is 1. The Morgan fingerprint density at radius 2 is 2.21 bits per heavy atom. The summed E-state index contributed by atoms with van der Waals surface area (Å²) in [6, 6.07) is 5.80. The lowest BCUT2D eigenvalue weighted by molar-refractivity contribution is -0.148. The number of ether oxygens (including phenoxy) is 3. The summed E-state index contributed by atoms with van der Waals surface area (Å²) < 4.78 is 15.4. The molecule has 0 radical (unpaired) electrons. The minimum absolute atomic E-state index is 0.0599. The van der Waals surface area contributed by atoms with Crippen LogP contribution in [-0.4, -0.2) is 25.8 Å². The molecule has 0 saturated heterocycles. The van der Waals surface area contributed by atoms with Crippen LogP contribution in [0.25, 0.3) is 0 Å². The number of carbonyl (C=O) groups excluding carboxylic acids is 1. The Kier molecular flexibility index (Phi) is 4.90. The highest BCUT2D eigenvalue weighted by atomic mass is 16.6. The van der Waals surface area contributed by atoms with E-state index in [1.54, 1.807) is 6.92 Å². The van der Waals surface area contributed by atoms with Crippen molar-refractivity contribution >= 4 is 5.97 Å². The topological polar surface area (TPSA) is 70.8 Å². The number of hydrogen-bond donors (Lipinski definition) is 1. The average molecular weight is 265 g/mol. The zero-order valence-corrected chi connectivity index (χ0v) is 11.1. The third-order valence-electron chi connectivity index (χ3n) is 3.00. The molecule has 0 spiro atoms. The van der Waals surface area contributed by atoms with Crippen molar-refractivity contribution in [1.82, 2.24) is 0 Å². The summed E-state index contributed by atoms with van der Waals surface area (Å²) in [5.41, 5.74) is 9.42. The van der Waals surface area contributed by atoms with Gasteiger partial charge in [-0.2, -0.15) is 0 Å². The molecule has 1 heterocycles. The maximum absolute atomic E-state index is 11.1. The maximum atomic E-state index is 11.1. The van der Waals surface area contributed by atoms with Crippen LogP contribution in [-0.2, 0) is 32.2 Å². The van der Waals surface area contributed by atoms with E-state index >= 15 is 0 Å². The Morgan fingerprint density at radius 3 is 3.00 bits per heavy atom. The van der Waals surface area contributed by atoms with Crippen molar-refractivity contribution in [3.05, 3.63) is 34.9 Å². The summed E-state index contributed by atoms with van der Waals surface area (Å²) in [7, 11) is 0. The van der Waals surface area contributed by atoms with E-state index in [9.17, 15) is 4.79 Å². The van der Waals surface area contributed by atoms with Gasteiger partial charge >= 0.3 is 5.97 Å². The number of nitrogens with two attached hydrogens (primary N) is 1. The molecule has 1 unspecified atom stereocenters. The molecule has 0 bridgehead atoms.